The van der Waals surface area contributed by atoms with Crippen molar-refractivity contribution in [1.29, 1.82) is 0 Å². The van der Waals surface area contributed by atoms with Gasteiger partial charge >= 0.3 is 0 Å². The molecule has 1 fully saturated rings. The minimum atomic E-state index is -0.546. The molecule has 1 heterocycles. The van der Waals surface area contributed by atoms with Crippen LogP contribution in [0.5, 0.6) is 5.75 Å². The van der Waals surface area contributed by atoms with Crippen molar-refractivity contribution in [2.24, 2.45) is 0 Å². The van der Waals surface area contributed by atoms with Crippen LogP contribution < -0.4 is 4.74 Å². The van der Waals surface area contributed by atoms with E-state index in [0.717, 1.165) is 18.7 Å². The molecule has 3 rings (SSSR count). The topological polar surface area (TPSA) is 49.8 Å². The highest BCUT2D eigenvalue weighted by Gasteiger charge is 2.17. The van der Waals surface area contributed by atoms with Crippen LogP contribution in [-0.2, 0) is 6.42 Å². The van der Waals surface area contributed by atoms with Crippen LogP contribution in [0.15, 0.2) is 54.6 Å². The molecule has 0 aliphatic carbocycles. The number of aliphatic hydroxyl groups is 1. The highest BCUT2D eigenvalue weighted by molar-refractivity contribution is 5.98. The summed E-state index contributed by atoms with van der Waals surface area (Å²) in [5.41, 5.74) is 1.75. The average molecular weight is 367 g/mol. The summed E-state index contributed by atoms with van der Waals surface area (Å²) >= 11 is 0. The van der Waals surface area contributed by atoms with Gasteiger partial charge < -0.3 is 14.7 Å². The predicted molar refractivity (Wildman–Crippen MR) is 107 cm³/mol. The van der Waals surface area contributed by atoms with E-state index in [-0.39, 0.29) is 12.4 Å². The van der Waals surface area contributed by atoms with Gasteiger partial charge in [0, 0.05) is 13.0 Å². The summed E-state index contributed by atoms with van der Waals surface area (Å²) in [4.78, 5) is 14.9. The molecule has 1 aliphatic rings. The molecular formula is C23H29NO3. The standard InChI is InChI=1S/C23H29NO3/c25-20(17-24-15-7-2-8-16-24)18-27-23-12-6-5-11-21(23)22(26)14-13-19-9-3-1-4-10-19/h1,3-6,9-12,20,25H,2,7-8,13-18H2/t20-/m0/s1. The van der Waals surface area contributed by atoms with Crippen LogP contribution in [0.2, 0.25) is 0 Å². The number of aliphatic hydroxyl groups excluding tert-OH is 1. The van der Waals surface area contributed by atoms with E-state index in [1.807, 2.05) is 48.5 Å². The summed E-state index contributed by atoms with van der Waals surface area (Å²) in [5.74, 6) is 0.633. The van der Waals surface area contributed by atoms with Gasteiger partial charge in [-0.05, 0) is 50.0 Å². The first-order valence-corrected chi connectivity index (χ1v) is 9.92. The fraction of sp³-hybridized carbons (Fsp3) is 0.435. The lowest BCUT2D eigenvalue weighted by atomic mass is 10.0. The Bertz CT molecular complexity index is 711. The fourth-order valence-corrected chi connectivity index (χ4v) is 3.54. The summed E-state index contributed by atoms with van der Waals surface area (Å²) in [5, 5.41) is 10.3. The molecule has 0 amide bonds. The van der Waals surface area contributed by atoms with Crippen molar-refractivity contribution in [3.63, 3.8) is 0 Å². The maximum Gasteiger partial charge on any atom is 0.166 e. The number of carbonyl (C=O) groups is 1. The lowest BCUT2D eigenvalue weighted by molar-refractivity contribution is 0.0611. The first-order valence-electron chi connectivity index (χ1n) is 9.92. The Balaban J connectivity index is 1.52. The van der Waals surface area contributed by atoms with E-state index in [9.17, 15) is 9.90 Å². The fourth-order valence-electron chi connectivity index (χ4n) is 3.54. The zero-order valence-electron chi connectivity index (χ0n) is 15.8. The van der Waals surface area contributed by atoms with Gasteiger partial charge in [-0.25, -0.2) is 0 Å². The van der Waals surface area contributed by atoms with E-state index in [0.29, 0.717) is 30.7 Å². The minimum absolute atomic E-state index is 0.0694. The summed E-state index contributed by atoms with van der Waals surface area (Å²) in [7, 11) is 0. The molecule has 1 saturated heterocycles. The number of hydrogen-bond donors (Lipinski definition) is 1. The van der Waals surface area contributed by atoms with Gasteiger partial charge in [0.2, 0.25) is 0 Å². The summed E-state index contributed by atoms with van der Waals surface area (Å²) in [6.45, 7) is 2.93. The molecule has 1 N–H and O–H groups in total. The second-order valence-electron chi connectivity index (χ2n) is 7.23. The maximum atomic E-state index is 12.6. The Hall–Kier alpha value is -2.17. The number of hydrogen-bond acceptors (Lipinski definition) is 4. The van der Waals surface area contributed by atoms with E-state index < -0.39 is 6.10 Å². The normalized spacial score (nSPS) is 16.0. The number of ketones is 1. The SMILES string of the molecule is O=C(CCc1ccccc1)c1ccccc1OC[C@@H](O)CN1CCCCC1. The monoisotopic (exact) mass is 367 g/mol. The zero-order valence-corrected chi connectivity index (χ0v) is 15.8. The Morgan fingerprint density at radius 2 is 1.70 bits per heavy atom. The molecule has 0 aromatic heterocycles. The number of β-amino-alcohol motifs (C(OH)–C–C–N with tert-alkyl or cyclic N) is 1. The van der Waals surface area contributed by atoms with E-state index in [1.165, 1.54) is 19.3 Å². The molecular weight excluding hydrogens is 338 g/mol. The molecule has 1 aliphatic heterocycles. The molecule has 0 radical (unpaired) electrons. The summed E-state index contributed by atoms with van der Waals surface area (Å²) < 4.78 is 5.82. The molecule has 4 nitrogen and oxygen atoms in total. The number of carbonyl (C=O) groups excluding carboxylic acids is 1. The molecule has 2 aromatic rings. The number of nitrogens with zero attached hydrogens (tertiary/aromatic N) is 1. The number of para-hydroxylation sites is 1. The molecule has 2 aromatic carbocycles. The second kappa shape index (κ2) is 10.2. The van der Waals surface area contributed by atoms with Gasteiger partial charge in [0.25, 0.3) is 0 Å². The van der Waals surface area contributed by atoms with Gasteiger partial charge in [0.1, 0.15) is 18.5 Å². The molecule has 0 unspecified atom stereocenters. The van der Waals surface area contributed by atoms with E-state index in [4.69, 9.17) is 4.74 Å². The first-order chi connectivity index (χ1) is 13.2. The number of piperidine rings is 1. The largest absolute Gasteiger partial charge is 0.490 e. The number of likely N-dealkylation sites (tertiary alicyclic amines) is 1. The first kappa shape index (κ1) is 19.6. The molecule has 144 valence electrons. The number of aryl methyl sites for hydroxylation is 1. The zero-order chi connectivity index (χ0) is 18.9. The third-order valence-electron chi connectivity index (χ3n) is 5.02. The quantitative estimate of drug-likeness (QED) is 0.686. The van der Waals surface area contributed by atoms with Crippen molar-refractivity contribution in [2.45, 2.75) is 38.2 Å². The lowest BCUT2D eigenvalue weighted by Gasteiger charge is -2.28. The highest BCUT2D eigenvalue weighted by atomic mass is 16.5. The molecule has 0 spiro atoms. The van der Waals surface area contributed by atoms with Crippen LogP contribution in [0.25, 0.3) is 0 Å². The van der Waals surface area contributed by atoms with E-state index >= 15 is 0 Å². The van der Waals surface area contributed by atoms with Crippen molar-refractivity contribution in [2.75, 3.05) is 26.2 Å². The van der Waals surface area contributed by atoms with Gasteiger partial charge in [0.05, 0.1) is 5.56 Å². The van der Waals surface area contributed by atoms with Crippen LogP contribution in [-0.4, -0.2) is 48.1 Å². The number of ether oxygens (including phenoxy) is 1. The smallest absolute Gasteiger partial charge is 0.166 e. The number of rotatable bonds is 9. The van der Waals surface area contributed by atoms with Crippen LogP contribution in [0, 0.1) is 0 Å². The molecule has 27 heavy (non-hydrogen) atoms. The predicted octanol–water partition coefficient (Wildman–Crippen LogP) is 3.73. The third-order valence-corrected chi connectivity index (χ3v) is 5.02. The van der Waals surface area contributed by atoms with Gasteiger partial charge in [-0.3, -0.25) is 4.79 Å². The average Bonchev–Trinajstić information content (AvgIpc) is 2.72. The molecule has 4 heteroatoms. The Labute approximate surface area is 161 Å². The molecule has 1 atom stereocenters. The highest BCUT2D eigenvalue weighted by Crippen LogP contribution is 2.21. The van der Waals surface area contributed by atoms with Gasteiger partial charge in [-0.1, -0.05) is 48.9 Å². The number of benzene rings is 2. The summed E-state index contributed by atoms with van der Waals surface area (Å²) in [6.07, 6.45) is 4.29. The molecule has 0 saturated carbocycles. The lowest BCUT2D eigenvalue weighted by Crippen LogP contribution is -2.38. The Morgan fingerprint density at radius 1 is 1.00 bits per heavy atom. The van der Waals surface area contributed by atoms with Crippen molar-refractivity contribution in [3.8, 4) is 5.75 Å². The van der Waals surface area contributed by atoms with E-state index in [1.54, 1.807) is 6.07 Å². The van der Waals surface area contributed by atoms with Crippen LogP contribution in [0.1, 0.15) is 41.6 Å². The Morgan fingerprint density at radius 3 is 2.48 bits per heavy atom. The van der Waals surface area contributed by atoms with E-state index in [2.05, 4.69) is 4.90 Å². The van der Waals surface area contributed by atoms with Gasteiger partial charge in [-0.2, -0.15) is 0 Å². The third kappa shape index (κ3) is 6.19. The van der Waals surface area contributed by atoms with Gasteiger partial charge in [-0.15, -0.1) is 0 Å². The minimum Gasteiger partial charge on any atom is -0.490 e. The van der Waals surface area contributed by atoms with Crippen LogP contribution in [0.3, 0.4) is 0 Å². The Kier molecular flexibility index (Phi) is 7.43. The van der Waals surface area contributed by atoms with Gasteiger partial charge in [0.15, 0.2) is 5.78 Å². The summed E-state index contributed by atoms with van der Waals surface area (Å²) in [6, 6.07) is 17.3. The van der Waals surface area contributed by atoms with Crippen molar-refractivity contribution < 1.29 is 14.6 Å². The van der Waals surface area contributed by atoms with Crippen molar-refractivity contribution in [3.05, 3.63) is 65.7 Å². The van der Waals surface area contributed by atoms with Crippen LogP contribution in [0.4, 0.5) is 0 Å². The maximum absolute atomic E-state index is 12.6. The number of Topliss-reactive ketones (excluding diaryl/α,β-unsaturated/α-hetero) is 1. The van der Waals surface area contributed by atoms with Crippen molar-refractivity contribution >= 4 is 5.78 Å². The van der Waals surface area contributed by atoms with Crippen molar-refractivity contribution in [1.82, 2.24) is 4.90 Å². The molecule has 0 bridgehead atoms. The van der Waals surface area contributed by atoms with Crippen LogP contribution >= 0.6 is 0 Å². The second-order valence-corrected chi connectivity index (χ2v) is 7.23.